The van der Waals surface area contributed by atoms with Crippen molar-refractivity contribution in [1.82, 2.24) is 9.80 Å². The van der Waals surface area contributed by atoms with Crippen molar-refractivity contribution in [3.05, 3.63) is 53.1 Å². The molecule has 0 saturated carbocycles. The topological polar surface area (TPSA) is 34.2 Å². The van der Waals surface area contributed by atoms with Gasteiger partial charge in [0.1, 0.15) is 0 Å². The number of hydrogen-bond donors (Lipinski definition) is 0. The van der Waals surface area contributed by atoms with Crippen molar-refractivity contribution in [2.45, 2.75) is 20.0 Å². The van der Waals surface area contributed by atoms with E-state index in [1.165, 1.54) is 11.1 Å². The first-order valence-electron chi connectivity index (χ1n) is 9.42. The van der Waals surface area contributed by atoms with Gasteiger partial charge in [0.2, 0.25) is 5.75 Å². The summed E-state index contributed by atoms with van der Waals surface area (Å²) in [7, 11) is 4.97. The highest BCUT2D eigenvalue weighted by Crippen LogP contribution is 2.40. The molecule has 0 N–H and O–H groups in total. The Morgan fingerprint density at radius 1 is 0.778 bits per heavy atom. The number of rotatable bonds is 7. The molecule has 1 aliphatic heterocycles. The summed E-state index contributed by atoms with van der Waals surface area (Å²) in [6.07, 6.45) is 0. The normalized spacial score (nSPS) is 15.6. The number of ether oxygens (including phenoxy) is 3. The third kappa shape index (κ3) is 4.73. The lowest BCUT2D eigenvalue weighted by molar-refractivity contribution is 0.121. The highest BCUT2D eigenvalue weighted by atomic mass is 16.5. The number of nitrogens with zero attached hydrogens (tertiary/aromatic N) is 2. The Balaban J connectivity index is 1.61. The van der Waals surface area contributed by atoms with E-state index in [2.05, 4.69) is 47.1 Å². The fourth-order valence-corrected chi connectivity index (χ4v) is 3.70. The molecule has 0 bridgehead atoms. The van der Waals surface area contributed by atoms with E-state index in [0.29, 0.717) is 11.5 Å². The summed E-state index contributed by atoms with van der Waals surface area (Å²) in [5.41, 5.74) is 3.85. The molecule has 146 valence electrons. The summed E-state index contributed by atoms with van der Waals surface area (Å²) >= 11 is 0. The number of methoxy groups -OCH3 is 3. The molecule has 2 aromatic rings. The molecular formula is C22H30N2O3. The number of aryl methyl sites for hydroxylation is 1. The summed E-state index contributed by atoms with van der Waals surface area (Å²) in [6, 6.07) is 12.8. The summed E-state index contributed by atoms with van der Waals surface area (Å²) in [5.74, 6) is 2.12. The average Bonchev–Trinajstić information content (AvgIpc) is 2.69. The summed E-state index contributed by atoms with van der Waals surface area (Å²) in [4.78, 5) is 4.99. The first-order chi connectivity index (χ1) is 13.1. The maximum absolute atomic E-state index is 5.62. The lowest BCUT2D eigenvalue weighted by Gasteiger charge is -2.35. The van der Waals surface area contributed by atoms with Crippen molar-refractivity contribution in [2.75, 3.05) is 47.5 Å². The Hall–Kier alpha value is -2.24. The van der Waals surface area contributed by atoms with Gasteiger partial charge in [-0.05, 0) is 18.6 Å². The van der Waals surface area contributed by atoms with E-state index in [4.69, 9.17) is 14.2 Å². The van der Waals surface area contributed by atoms with Gasteiger partial charge in [-0.1, -0.05) is 35.9 Å². The van der Waals surface area contributed by atoms with E-state index >= 15 is 0 Å². The summed E-state index contributed by atoms with van der Waals surface area (Å²) in [6.45, 7) is 8.26. The molecule has 0 atom stereocenters. The minimum atomic E-state index is 0.663. The molecule has 2 aromatic carbocycles. The Kier molecular flexibility index (Phi) is 6.58. The molecule has 5 heteroatoms. The van der Waals surface area contributed by atoms with Crippen molar-refractivity contribution in [3.8, 4) is 17.2 Å². The largest absolute Gasteiger partial charge is 0.493 e. The predicted octanol–water partition coefficient (Wildman–Crippen LogP) is 3.34. The molecule has 0 spiro atoms. The Morgan fingerprint density at radius 3 is 2.04 bits per heavy atom. The summed E-state index contributed by atoms with van der Waals surface area (Å²) in [5, 5.41) is 0. The smallest absolute Gasteiger partial charge is 0.203 e. The van der Waals surface area contributed by atoms with E-state index in [1.807, 2.05) is 6.07 Å². The second-order valence-corrected chi connectivity index (χ2v) is 7.03. The molecule has 3 rings (SSSR count). The van der Waals surface area contributed by atoms with Crippen molar-refractivity contribution in [2.24, 2.45) is 0 Å². The second kappa shape index (κ2) is 9.11. The minimum absolute atomic E-state index is 0.663. The molecule has 0 unspecified atom stereocenters. The molecule has 1 aliphatic rings. The van der Waals surface area contributed by atoms with Crippen LogP contribution >= 0.6 is 0 Å². The maximum atomic E-state index is 5.62. The predicted molar refractivity (Wildman–Crippen MR) is 108 cm³/mol. The zero-order valence-electron chi connectivity index (χ0n) is 16.8. The van der Waals surface area contributed by atoms with Crippen LogP contribution in [-0.2, 0) is 13.1 Å². The number of benzene rings is 2. The van der Waals surface area contributed by atoms with E-state index in [-0.39, 0.29) is 0 Å². The number of piperazine rings is 1. The number of hydrogen-bond acceptors (Lipinski definition) is 5. The second-order valence-electron chi connectivity index (χ2n) is 7.03. The Labute approximate surface area is 162 Å². The van der Waals surface area contributed by atoms with Crippen molar-refractivity contribution < 1.29 is 14.2 Å². The first-order valence-corrected chi connectivity index (χ1v) is 9.42. The van der Waals surface area contributed by atoms with Crippen LogP contribution in [0.3, 0.4) is 0 Å². The third-order valence-corrected chi connectivity index (χ3v) is 5.13. The molecule has 0 aromatic heterocycles. The monoisotopic (exact) mass is 370 g/mol. The van der Waals surface area contributed by atoms with Gasteiger partial charge in [0.25, 0.3) is 0 Å². The first kappa shape index (κ1) is 19.5. The Morgan fingerprint density at radius 2 is 1.44 bits per heavy atom. The minimum Gasteiger partial charge on any atom is -0.493 e. The quantitative estimate of drug-likeness (QED) is 0.747. The average molecular weight is 370 g/mol. The van der Waals surface area contributed by atoms with E-state index in [0.717, 1.165) is 50.6 Å². The SMILES string of the molecule is COc1ccc(CN2CCN(Cc3cccc(C)c3)CC2)c(OC)c1OC. The molecule has 1 saturated heterocycles. The zero-order chi connectivity index (χ0) is 19.2. The van der Waals surface area contributed by atoms with Crippen molar-refractivity contribution >= 4 is 0 Å². The van der Waals surface area contributed by atoms with Gasteiger partial charge in [-0.2, -0.15) is 0 Å². The van der Waals surface area contributed by atoms with E-state index in [9.17, 15) is 0 Å². The fourth-order valence-electron chi connectivity index (χ4n) is 3.70. The van der Waals surface area contributed by atoms with Gasteiger partial charge in [0.05, 0.1) is 21.3 Å². The van der Waals surface area contributed by atoms with Gasteiger partial charge >= 0.3 is 0 Å². The molecule has 0 aliphatic carbocycles. The van der Waals surface area contributed by atoms with Crippen LogP contribution in [0.5, 0.6) is 17.2 Å². The molecule has 1 fully saturated rings. The Bertz CT molecular complexity index is 755. The molecule has 0 radical (unpaired) electrons. The van der Waals surface area contributed by atoms with Crippen LogP contribution < -0.4 is 14.2 Å². The van der Waals surface area contributed by atoms with Gasteiger partial charge in [0.15, 0.2) is 11.5 Å². The maximum Gasteiger partial charge on any atom is 0.203 e. The molecule has 5 nitrogen and oxygen atoms in total. The van der Waals surface area contributed by atoms with Crippen LogP contribution in [0.4, 0.5) is 0 Å². The van der Waals surface area contributed by atoms with Crippen LogP contribution in [-0.4, -0.2) is 57.3 Å². The van der Waals surface area contributed by atoms with Gasteiger partial charge in [0, 0.05) is 44.8 Å². The lowest BCUT2D eigenvalue weighted by atomic mass is 10.1. The van der Waals surface area contributed by atoms with Crippen LogP contribution in [0.15, 0.2) is 36.4 Å². The molecular weight excluding hydrogens is 340 g/mol. The van der Waals surface area contributed by atoms with Crippen LogP contribution in [0, 0.1) is 6.92 Å². The zero-order valence-corrected chi connectivity index (χ0v) is 16.8. The van der Waals surface area contributed by atoms with Crippen LogP contribution in [0.2, 0.25) is 0 Å². The van der Waals surface area contributed by atoms with Gasteiger partial charge in [-0.3, -0.25) is 9.80 Å². The van der Waals surface area contributed by atoms with E-state index in [1.54, 1.807) is 21.3 Å². The molecule has 1 heterocycles. The van der Waals surface area contributed by atoms with Crippen LogP contribution in [0.1, 0.15) is 16.7 Å². The lowest BCUT2D eigenvalue weighted by Crippen LogP contribution is -2.45. The standard InChI is InChI=1S/C22H30N2O3/c1-17-6-5-7-18(14-17)15-23-10-12-24(13-11-23)16-19-8-9-20(25-2)22(27-4)21(19)26-3/h5-9,14H,10-13,15-16H2,1-4H3. The highest BCUT2D eigenvalue weighted by molar-refractivity contribution is 5.55. The van der Waals surface area contributed by atoms with E-state index < -0.39 is 0 Å². The molecule has 27 heavy (non-hydrogen) atoms. The van der Waals surface area contributed by atoms with Crippen LogP contribution in [0.25, 0.3) is 0 Å². The third-order valence-electron chi connectivity index (χ3n) is 5.13. The van der Waals surface area contributed by atoms with Crippen molar-refractivity contribution in [1.29, 1.82) is 0 Å². The molecule has 0 amide bonds. The highest BCUT2D eigenvalue weighted by Gasteiger charge is 2.21. The van der Waals surface area contributed by atoms with Gasteiger partial charge in [-0.15, -0.1) is 0 Å². The fraction of sp³-hybridized carbons (Fsp3) is 0.455. The van der Waals surface area contributed by atoms with Gasteiger partial charge < -0.3 is 14.2 Å². The van der Waals surface area contributed by atoms with Gasteiger partial charge in [-0.25, -0.2) is 0 Å². The summed E-state index contributed by atoms with van der Waals surface area (Å²) < 4.78 is 16.5. The van der Waals surface area contributed by atoms with Crippen molar-refractivity contribution in [3.63, 3.8) is 0 Å².